The van der Waals surface area contributed by atoms with Crippen molar-refractivity contribution in [2.75, 3.05) is 6.61 Å². The van der Waals surface area contributed by atoms with E-state index in [4.69, 9.17) is 4.74 Å². The van der Waals surface area contributed by atoms with E-state index < -0.39 is 0 Å². The Morgan fingerprint density at radius 1 is 1.00 bits per heavy atom. The van der Waals surface area contributed by atoms with Gasteiger partial charge in [-0.25, -0.2) is 0 Å². The molecule has 0 unspecified atom stereocenters. The Balaban J connectivity index is 2.01. The quantitative estimate of drug-likeness (QED) is 0.630. The van der Waals surface area contributed by atoms with Crippen LogP contribution in [0.15, 0.2) is 54.6 Å². The number of ether oxygens (including phenoxy) is 1. The SMILES string of the molecule is O=C(COc1ccccc1)c1ccccc1I. The lowest BCUT2D eigenvalue weighted by molar-refractivity contribution is 0.0920. The Morgan fingerprint density at radius 3 is 2.35 bits per heavy atom. The van der Waals surface area contributed by atoms with E-state index in [1.54, 1.807) is 0 Å². The molecule has 0 aliphatic carbocycles. The van der Waals surface area contributed by atoms with E-state index in [0.717, 1.165) is 3.57 Å². The molecule has 0 aromatic heterocycles. The highest BCUT2D eigenvalue weighted by Gasteiger charge is 2.09. The third kappa shape index (κ3) is 3.30. The van der Waals surface area contributed by atoms with Crippen LogP contribution in [0.4, 0.5) is 0 Å². The largest absolute Gasteiger partial charge is 0.485 e. The van der Waals surface area contributed by atoms with Crippen LogP contribution in [0.2, 0.25) is 0 Å². The minimum Gasteiger partial charge on any atom is -0.485 e. The highest BCUT2D eigenvalue weighted by molar-refractivity contribution is 14.1. The molecule has 0 radical (unpaired) electrons. The fourth-order valence-corrected chi connectivity index (χ4v) is 2.12. The van der Waals surface area contributed by atoms with Crippen molar-refractivity contribution in [1.82, 2.24) is 0 Å². The van der Waals surface area contributed by atoms with E-state index in [1.165, 1.54) is 0 Å². The maximum Gasteiger partial charge on any atom is 0.201 e. The van der Waals surface area contributed by atoms with Crippen LogP contribution in [0.5, 0.6) is 5.75 Å². The molecule has 0 fully saturated rings. The number of Topliss-reactive ketones (excluding diaryl/α,β-unsaturated/α-hetero) is 1. The molecule has 0 aliphatic rings. The van der Waals surface area contributed by atoms with Crippen LogP contribution < -0.4 is 4.74 Å². The Kier molecular flexibility index (Phi) is 4.14. The van der Waals surface area contributed by atoms with Gasteiger partial charge in [0, 0.05) is 9.13 Å². The van der Waals surface area contributed by atoms with Crippen molar-refractivity contribution in [3.63, 3.8) is 0 Å². The molecule has 2 aromatic rings. The van der Waals surface area contributed by atoms with Crippen LogP contribution in [0.25, 0.3) is 0 Å². The second kappa shape index (κ2) is 5.82. The van der Waals surface area contributed by atoms with Gasteiger partial charge in [0.2, 0.25) is 5.78 Å². The molecule has 86 valence electrons. The Morgan fingerprint density at radius 2 is 1.65 bits per heavy atom. The number of para-hydroxylation sites is 1. The zero-order chi connectivity index (χ0) is 12.1. The Bertz CT molecular complexity index is 509. The first kappa shape index (κ1) is 12.1. The topological polar surface area (TPSA) is 26.3 Å². The molecule has 3 heteroatoms. The number of ketones is 1. The van der Waals surface area contributed by atoms with Gasteiger partial charge in [-0.15, -0.1) is 0 Å². The van der Waals surface area contributed by atoms with E-state index in [1.807, 2.05) is 54.6 Å². The second-order valence-electron chi connectivity index (χ2n) is 3.50. The number of rotatable bonds is 4. The molecule has 0 N–H and O–H groups in total. The summed E-state index contributed by atoms with van der Waals surface area (Å²) in [6.45, 7) is 0.0734. The summed E-state index contributed by atoms with van der Waals surface area (Å²) < 4.78 is 6.38. The molecule has 0 aliphatic heterocycles. The molecule has 0 spiro atoms. The van der Waals surface area contributed by atoms with E-state index in [9.17, 15) is 4.79 Å². The molecule has 2 aromatic carbocycles. The average molecular weight is 338 g/mol. The normalized spacial score (nSPS) is 9.94. The molecule has 2 nitrogen and oxygen atoms in total. The monoisotopic (exact) mass is 338 g/mol. The summed E-state index contributed by atoms with van der Waals surface area (Å²) in [7, 11) is 0. The lowest BCUT2D eigenvalue weighted by atomic mass is 10.1. The zero-order valence-corrected chi connectivity index (χ0v) is 11.3. The minimum absolute atomic E-state index is 0.00106. The number of carbonyl (C=O) groups is 1. The molecule has 0 saturated heterocycles. The molecule has 0 amide bonds. The minimum atomic E-state index is -0.00106. The van der Waals surface area contributed by atoms with Crippen LogP contribution in [0, 0.1) is 3.57 Å². The number of halogens is 1. The van der Waals surface area contributed by atoms with Gasteiger partial charge in [-0.3, -0.25) is 4.79 Å². The molecule has 0 saturated carbocycles. The number of benzene rings is 2. The number of carbonyl (C=O) groups excluding carboxylic acids is 1. The lowest BCUT2D eigenvalue weighted by Crippen LogP contribution is -2.12. The molecule has 0 bridgehead atoms. The number of hydrogen-bond donors (Lipinski definition) is 0. The average Bonchev–Trinajstić information content (AvgIpc) is 2.38. The number of hydrogen-bond acceptors (Lipinski definition) is 2. The third-order valence-electron chi connectivity index (χ3n) is 2.29. The fraction of sp³-hybridized carbons (Fsp3) is 0.0714. The van der Waals surface area contributed by atoms with Crippen molar-refractivity contribution in [3.8, 4) is 5.75 Å². The van der Waals surface area contributed by atoms with E-state index in [0.29, 0.717) is 11.3 Å². The third-order valence-corrected chi connectivity index (χ3v) is 3.23. The first-order chi connectivity index (χ1) is 8.27. The smallest absolute Gasteiger partial charge is 0.201 e. The van der Waals surface area contributed by atoms with Gasteiger partial charge in [0.25, 0.3) is 0 Å². The summed E-state index contributed by atoms with van der Waals surface area (Å²) >= 11 is 2.15. The maximum atomic E-state index is 11.9. The van der Waals surface area contributed by atoms with Gasteiger partial charge < -0.3 is 4.74 Å². The Labute approximate surface area is 114 Å². The first-order valence-corrected chi connectivity index (χ1v) is 6.31. The van der Waals surface area contributed by atoms with Crippen LogP contribution in [-0.4, -0.2) is 12.4 Å². The van der Waals surface area contributed by atoms with Crippen molar-refractivity contribution in [1.29, 1.82) is 0 Å². The Hall–Kier alpha value is -1.36. The van der Waals surface area contributed by atoms with Crippen molar-refractivity contribution in [2.24, 2.45) is 0 Å². The van der Waals surface area contributed by atoms with Gasteiger partial charge in [0.05, 0.1) is 0 Å². The van der Waals surface area contributed by atoms with Gasteiger partial charge in [-0.2, -0.15) is 0 Å². The van der Waals surface area contributed by atoms with Gasteiger partial charge in [0.1, 0.15) is 5.75 Å². The zero-order valence-electron chi connectivity index (χ0n) is 9.10. The van der Waals surface area contributed by atoms with Crippen molar-refractivity contribution in [2.45, 2.75) is 0 Å². The van der Waals surface area contributed by atoms with Crippen molar-refractivity contribution >= 4 is 28.4 Å². The van der Waals surface area contributed by atoms with Crippen LogP contribution in [0.1, 0.15) is 10.4 Å². The van der Waals surface area contributed by atoms with Crippen molar-refractivity contribution in [3.05, 3.63) is 63.7 Å². The maximum absolute atomic E-state index is 11.9. The van der Waals surface area contributed by atoms with E-state index in [2.05, 4.69) is 22.6 Å². The van der Waals surface area contributed by atoms with Crippen molar-refractivity contribution < 1.29 is 9.53 Å². The van der Waals surface area contributed by atoms with E-state index >= 15 is 0 Å². The summed E-state index contributed by atoms with van der Waals surface area (Å²) in [5, 5.41) is 0. The summed E-state index contributed by atoms with van der Waals surface area (Å²) in [5.74, 6) is 0.714. The molecular formula is C14H11IO2. The molecule has 0 heterocycles. The molecular weight excluding hydrogens is 327 g/mol. The highest BCUT2D eigenvalue weighted by Crippen LogP contribution is 2.13. The molecule has 17 heavy (non-hydrogen) atoms. The van der Waals surface area contributed by atoms with Gasteiger partial charge in [-0.1, -0.05) is 36.4 Å². The standard InChI is InChI=1S/C14H11IO2/c15-13-9-5-4-8-12(13)14(16)10-17-11-6-2-1-3-7-11/h1-9H,10H2. The predicted molar refractivity (Wildman–Crippen MR) is 75.4 cm³/mol. The predicted octanol–water partition coefficient (Wildman–Crippen LogP) is 3.55. The van der Waals surface area contributed by atoms with Crippen LogP contribution >= 0.6 is 22.6 Å². The fourth-order valence-electron chi connectivity index (χ4n) is 1.43. The summed E-state index contributed by atoms with van der Waals surface area (Å²) in [6.07, 6.45) is 0. The molecule has 0 atom stereocenters. The highest BCUT2D eigenvalue weighted by atomic mass is 127. The second-order valence-corrected chi connectivity index (χ2v) is 4.67. The summed E-state index contributed by atoms with van der Waals surface area (Å²) in [5.41, 5.74) is 0.712. The van der Waals surface area contributed by atoms with Crippen LogP contribution in [-0.2, 0) is 0 Å². The summed E-state index contributed by atoms with van der Waals surface area (Å²) in [6, 6.07) is 16.8. The van der Waals surface area contributed by atoms with Gasteiger partial charge in [-0.05, 0) is 40.8 Å². The van der Waals surface area contributed by atoms with Gasteiger partial charge >= 0.3 is 0 Å². The molecule has 2 rings (SSSR count). The summed E-state index contributed by atoms with van der Waals surface area (Å²) in [4.78, 5) is 11.9. The van der Waals surface area contributed by atoms with Crippen LogP contribution in [0.3, 0.4) is 0 Å². The van der Waals surface area contributed by atoms with Gasteiger partial charge in [0.15, 0.2) is 6.61 Å². The van der Waals surface area contributed by atoms with E-state index in [-0.39, 0.29) is 12.4 Å². The first-order valence-electron chi connectivity index (χ1n) is 5.23. The lowest BCUT2D eigenvalue weighted by Gasteiger charge is -2.06.